The van der Waals surface area contributed by atoms with Crippen molar-refractivity contribution in [3.8, 4) is 0 Å². The van der Waals surface area contributed by atoms with Gasteiger partial charge in [0, 0.05) is 46.3 Å². The van der Waals surface area contributed by atoms with Crippen molar-refractivity contribution < 1.29 is 23.1 Å². The second-order valence-corrected chi connectivity index (χ2v) is 6.09. The minimum Gasteiger partial charge on any atom is -0.374 e. The largest absolute Gasteiger partial charge is 0.425 e. The van der Waals surface area contributed by atoms with Gasteiger partial charge in [-0.1, -0.05) is 6.07 Å². The Labute approximate surface area is 148 Å². The second kappa shape index (κ2) is 7.32. The number of anilines is 1. The van der Waals surface area contributed by atoms with Gasteiger partial charge in [0.05, 0.1) is 6.42 Å². The first kappa shape index (κ1) is 19.7. The van der Waals surface area contributed by atoms with Gasteiger partial charge in [-0.3, -0.25) is 4.79 Å². The molecule has 7 nitrogen and oxygen atoms in total. The van der Waals surface area contributed by atoms with Crippen LogP contribution in [0, 0.1) is 0 Å². The first-order valence-corrected chi connectivity index (χ1v) is 7.70. The summed E-state index contributed by atoms with van der Waals surface area (Å²) >= 11 is 0. The van der Waals surface area contributed by atoms with Crippen LogP contribution in [0.25, 0.3) is 0 Å². The fraction of sp³-hybridized carbons (Fsp3) is 0.438. The van der Waals surface area contributed by atoms with E-state index in [0.717, 1.165) is 10.8 Å². The molecule has 2 rings (SSSR count). The topological polar surface area (TPSA) is 83.3 Å². The van der Waals surface area contributed by atoms with Crippen LogP contribution in [0.2, 0.25) is 0 Å². The van der Waals surface area contributed by atoms with Crippen LogP contribution in [0.3, 0.4) is 0 Å². The number of nitrogens with zero attached hydrogens (tertiary/aromatic N) is 4. The molecule has 0 saturated heterocycles. The molecule has 2 N–H and O–H groups in total. The van der Waals surface area contributed by atoms with Gasteiger partial charge in [-0.2, -0.15) is 13.2 Å². The van der Waals surface area contributed by atoms with Crippen LogP contribution < -0.4 is 10.2 Å². The van der Waals surface area contributed by atoms with E-state index in [1.54, 1.807) is 17.0 Å². The fourth-order valence-corrected chi connectivity index (χ4v) is 2.35. The second-order valence-electron chi connectivity index (χ2n) is 6.09. The Bertz CT molecular complexity index is 758. The number of aryl methyl sites for hydroxylation is 1. The Morgan fingerprint density at radius 2 is 2.00 bits per heavy atom. The van der Waals surface area contributed by atoms with E-state index in [4.69, 9.17) is 0 Å². The number of nitrogens with one attached hydrogen (secondary N) is 1. The Morgan fingerprint density at radius 3 is 2.46 bits per heavy atom. The number of amides is 1. The predicted molar refractivity (Wildman–Crippen MR) is 88.2 cm³/mol. The molecule has 0 radical (unpaired) electrons. The van der Waals surface area contributed by atoms with Crippen molar-refractivity contribution >= 4 is 11.7 Å². The normalized spacial score (nSPS) is 14.0. The van der Waals surface area contributed by atoms with Gasteiger partial charge in [-0.05, 0) is 11.6 Å². The average Bonchev–Trinajstić information content (AvgIpc) is 2.98. The quantitative estimate of drug-likeness (QED) is 0.801. The highest BCUT2D eigenvalue weighted by atomic mass is 19.4. The number of aromatic nitrogens is 3. The highest BCUT2D eigenvalue weighted by Gasteiger charge is 2.58. The molecule has 0 aromatic carbocycles. The smallest absolute Gasteiger partial charge is 0.374 e. The third-order valence-corrected chi connectivity index (χ3v) is 3.83. The van der Waals surface area contributed by atoms with Crippen molar-refractivity contribution in [1.82, 2.24) is 19.9 Å². The Morgan fingerprint density at radius 1 is 1.31 bits per heavy atom. The maximum absolute atomic E-state index is 13.4. The van der Waals surface area contributed by atoms with Crippen molar-refractivity contribution in [2.24, 2.45) is 7.05 Å². The Hall–Kier alpha value is -2.62. The summed E-state index contributed by atoms with van der Waals surface area (Å²) < 4.78 is 41.2. The molecule has 0 bridgehead atoms. The molecule has 1 atom stereocenters. The van der Waals surface area contributed by atoms with Crippen molar-refractivity contribution in [1.29, 1.82) is 0 Å². The van der Waals surface area contributed by atoms with E-state index >= 15 is 0 Å². The summed E-state index contributed by atoms with van der Waals surface area (Å²) in [4.78, 5) is 21.5. The van der Waals surface area contributed by atoms with Crippen molar-refractivity contribution in [3.05, 3.63) is 42.1 Å². The van der Waals surface area contributed by atoms with Crippen LogP contribution in [-0.2, 0) is 24.0 Å². The fourth-order valence-electron chi connectivity index (χ4n) is 2.35. The molecule has 0 spiro atoms. The zero-order valence-corrected chi connectivity index (χ0v) is 14.6. The SMILES string of the molecule is CN(C)c1ccc(CNC(=O)CC(O)(c2nccn2C)C(F)(F)F)cn1. The maximum atomic E-state index is 13.4. The first-order valence-electron chi connectivity index (χ1n) is 7.70. The summed E-state index contributed by atoms with van der Waals surface area (Å²) in [6.45, 7) is -0.00591. The molecule has 142 valence electrons. The van der Waals surface area contributed by atoms with E-state index in [0.29, 0.717) is 11.4 Å². The van der Waals surface area contributed by atoms with Gasteiger partial charge in [0.25, 0.3) is 0 Å². The molecule has 26 heavy (non-hydrogen) atoms. The van der Waals surface area contributed by atoms with E-state index in [9.17, 15) is 23.1 Å². The van der Waals surface area contributed by atoms with Crippen LogP contribution in [0.5, 0.6) is 0 Å². The zero-order chi connectivity index (χ0) is 19.5. The van der Waals surface area contributed by atoms with Crippen molar-refractivity contribution in [3.63, 3.8) is 0 Å². The number of alkyl halides is 3. The highest BCUT2D eigenvalue weighted by molar-refractivity contribution is 5.77. The monoisotopic (exact) mass is 371 g/mol. The van der Waals surface area contributed by atoms with Crippen molar-refractivity contribution in [2.75, 3.05) is 19.0 Å². The van der Waals surface area contributed by atoms with Crippen LogP contribution in [-0.4, -0.2) is 45.8 Å². The van der Waals surface area contributed by atoms with Crippen LogP contribution in [0.4, 0.5) is 19.0 Å². The van der Waals surface area contributed by atoms with Crippen LogP contribution in [0.1, 0.15) is 17.8 Å². The van der Waals surface area contributed by atoms with Crippen LogP contribution in [0.15, 0.2) is 30.7 Å². The summed E-state index contributed by atoms with van der Waals surface area (Å²) in [6, 6.07) is 3.43. The van der Waals surface area contributed by atoms with E-state index < -0.39 is 29.9 Å². The lowest BCUT2D eigenvalue weighted by atomic mass is 9.97. The van der Waals surface area contributed by atoms with Gasteiger partial charge in [-0.25, -0.2) is 9.97 Å². The predicted octanol–water partition coefficient (Wildman–Crippen LogP) is 1.34. The molecule has 0 saturated carbocycles. The Kier molecular flexibility index (Phi) is 5.55. The van der Waals surface area contributed by atoms with Gasteiger partial charge < -0.3 is 19.9 Å². The number of halogens is 3. The maximum Gasteiger partial charge on any atom is 0.425 e. The van der Waals surface area contributed by atoms with E-state index in [2.05, 4.69) is 15.3 Å². The summed E-state index contributed by atoms with van der Waals surface area (Å²) in [5, 5.41) is 12.5. The average molecular weight is 371 g/mol. The summed E-state index contributed by atoms with van der Waals surface area (Å²) in [6.07, 6.45) is -2.34. The zero-order valence-electron chi connectivity index (χ0n) is 14.6. The third kappa shape index (κ3) is 4.13. The molecule has 0 aliphatic heterocycles. The van der Waals surface area contributed by atoms with E-state index in [1.165, 1.54) is 19.4 Å². The van der Waals surface area contributed by atoms with Gasteiger partial charge in [0.1, 0.15) is 5.82 Å². The molecule has 0 aliphatic carbocycles. The number of rotatable bonds is 6. The number of carbonyl (C=O) groups is 1. The lowest BCUT2D eigenvalue weighted by Gasteiger charge is -2.29. The summed E-state index contributed by atoms with van der Waals surface area (Å²) in [5.41, 5.74) is -2.75. The van der Waals surface area contributed by atoms with Crippen LogP contribution >= 0.6 is 0 Å². The molecular formula is C16H20F3N5O2. The molecule has 1 unspecified atom stereocenters. The molecule has 0 fully saturated rings. The van der Waals surface area contributed by atoms with E-state index in [-0.39, 0.29) is 6.54 Å². The minimum atomic E-state index is -5.06. The van der Waals surface area contributed by atoms with Gasteiger partial charge in [0.15, 0.2) is 5.82 Å². The van der Waals surface area contributed by atoms with Gasteiger partial charge in [-0.15, -0.1) is 0 Å². The third-order valence-electron chi connectivity index (χ3n) is 3.83. The molecule has 2 heterocycles. The lowest BCUT2D eigenvalue weighted by Crippen LogP contribution is -2.47. The molecule has 1 amide bonds. The van der Waals surface area contributed by atoms with Crippen molar-refractivity contribution in [2.45, 2.75) is 24.7 Å². The van der Waals surface area contributed by atoms with Gasteiger partial charge in [0.2, 0.25) is 11.5 Å². The number of imidazole rings is 1. The summed E-state index contributed by atoms with van der Waals surface area (Å²) in [5.74, 6) is -0.886. The standard InChI is InChI=1S/C16H20F3N5O2/c1-23(2)12-5-4-11(9-21-12)10-22-13(25)8-15(26,16(17,18)19)14-20-6-7-24(14)3/h4-7,9,26H,8,10H2,1-3H3,(H,22,25). The minimum absolute atomic E-state index is 0.00591. The Balaban J connectivity index is 2.07. The summed E-state index contributed by atoms with van der Waals surface area (Å²) in [7, 11) is 4.95. The molecule has 2 aromatic rings. The number of carbonyl (C=O) groups excluding carboxylic acids is 1. The van der Waals surface area contributed by atoms with E-state index in [1.807, 2.05) is 14.1 Å². The molecule has 0 aliphatic rings. The molecular weight excluding hydrogens is 351 g/mol. The highest BCUT2D eigenvalue weighted by Crippen LogP contribution is 2.40. The first-order chi connectivity index (χ1) is 12.0. The number of hydrogen-bond donors (Lipinski definition) is 2. The molecule has 2 aromatic heterocycles. The number of pyridine rings is 1. The van der Waals surface area contributed by atoms with Gasteiger partial charge >= 0.3 is 6.18 Å². The lowest BCUT2D eigenvalue weighted by molar-refractivity contribution is -0.271. The number of aliphatic hydroxyl groups is 1. The number of hydrogen-bond acceptors (Lipinski definition) is 5. The molecule has 10 heteroatoms.